The van der Waals surface area contributed by atoms with Crippen LogP contribution in [0.25, 0.3) is 22.7 Å². The molecule has 2 aliphatic heterocycles. The average Bonchev–Trinajstić information content (AvgIpc) is 3.40. The van der Waals surface area contributed by atoms with Crippen molar-refractivity contribution in [2.24, 2.45) is 0 Å². The Kier molecular flexibility index (Phi) is 4.82. The van der Waals surface area contributed by atoms with E-state index in [-0.39, 0.29) is 35.5 Å². The number of nitrogen functional groups attached to an aromatic ring is 1. The van der Waals surface area contributed by atoms with Gasteiger partial charge in [-0.15, -0.1) is 0 Å². The van der Waals surface area contributed by atoms with E-state index in [2.05, 4.69) is 15.0 Å². The van der Waals surface area contributed by atoms with Crippen LogP contribution in [0.3, 0.4) is 0 Å². The molecule has 0 radical (unpaired) electrons. The van der Waals surface area contributed by atoms with E-state index in [0.29, 0.717) is 5.76 Å². The molecule has 14 heteroatoms. The summed E-state index contributed by atoms with van der Waals surface area (Å²) in [6.45, 7) is 0.190. The van der Waals surface area contributed by atoms with Crippen LogP contribution in [0.2, 0.25) is 0 Å². The molecule has 0 aromatic carbocycles. The number of nitrogens with zero attached hydrogens (tertiary/aromatic N) is 3. The molecule has 3 aromatic rings. The third-order valence-electron chi connectivity index (χ3n) is 4.59. The number of ether oxygens (including phenoxy) is 1. The summed E-state index contributed by atoms with van der Waals surface area (Å²) >= 11 is 1.11. The first-order valence-electron chi connectivity index (χ1n) is 8.55. The van der Waals surface area contributed by atoms with Gasteiger partial charge < -0.3 is 34.1 Å². The Morgan fingerprint density at radius 1 is 1.45 bits per heavy atom. The number of rotatable bonds is 4. The monoisotopic (exact) mass is 441 g/mol. The van der Waals surface area contributed by atoms with Crippen LogP contribution in [0, 0.1) is 0 Å². The predicted molar refractivity (Wildman–Crippen MR) is 103 cm³/mol. The highest BCUT2D eigenvalue weighted by molar-refractivity contribution is 8.52. The average molecular weight is 441 g/mol. The van der Waals surface area contributed by atoms with E-state index in [1.807, 2.05) is 0 Å². The molecule has 0 aliphatic carbocycles. The number of H-pyrrole nitrogens is 1. The van der Waals surface area contributed by atoms with Crippen LogP contribution in [0.4, 0.5) is 5.95 Å². The second-order valence-corrected chi connectivity index (χ2v) is 9.41. The highest BCUT2D eigenvalue weighted by atomic mass is 32.7. The van der Waals surface area contributed by atoms with Crippen molar-refractivity contribution >= 4 is 36.1 Å². The lowest BCUT2D eigenvalue weighted by Crippen LogP contribution is -2.38. The maximum absolute atomic E-state index is 12.3. The number of aliphatic hydroxyl groups is 2. The van der Waals surface area contributed by atoms with Crippen molar-refractivity contribution in [3.05, 3.63) is 28.7 Å². The van der Waals surface area contributed by atoms with Crippen LogP contribution in [0.1, 0.15) is 6.23 Å². The number of nitrogens with two attached hydrogens (primary N) is 1. The third-order valence-corrected chi connectivity index (χ3v) is 7.24. The molecule has 3 aromatic heterocycles. The van der Waals surface area contributed by atoms with Crippen LogP contribution in [0.15, 0.2) is 27.6 Å². The fourth-order valence-corrected chi connectivity index (χ4v) is 5.59. The van der Waals surface area contributed by atoms with Crippen LogP contribution >= 0.6 is 19.0 Å². The molecule has 0 saturated carbocycles. The molecule has 29 heavy (non-hydrogen) atoms. The number of aliphatic hydroxyl groups excluding tert-OH is 2. The van der Waals surface area contributed by atoms with E-state index in [0.717, 1.165) is 11.4 Å². The molecule has 5 heterocycles. The number of aromatic amines is 1. The van der Waals surface area contributed by atoms with E-state index in [1.165, 1.54) is 10.8 Å². The lowest BCUT2D eigenvalue weighted by Gasteiger charge is -2.30. The van der Waals surface area contributed by atoms with Gasteiger partial charge >= 0.3 is 0 Å². The van der Waals surface area contributed by atoms with Gasteiger partial charge in [0, 0.05) is 0 Å². The topological polar surface area (TPSA) is 171 Å². The summed E-state index contributed by atoms with van der Waals surface area (Å²) in [6.07, 6.45) is -1.84. The Morgan fingerprint density at radius 2 is 2.31 bits per heavy atom. The first-order chi connectivity index (χ1) is 14.1. The van der Waals surface area contributed by atoms with Gasteiger partial charge in [-0.3, -0.25) is 14.3 Å². The molecule has 5 rings (SSSR count). The van der Waals surface area contributed by atoms with Gasteiger partial charge in [-0.2, -0.15) is 4.98 Å². The van der Waals surface area contributed by atoms with Crippen LogP contribution < -0.4 is 11.3 Å². The zero-order valence-corrected chi connectivity index (χ0v) is 16.4. The van der Waals surface area contributed by atoms with E-state index < -0.39 is 37.7 Å². The van der Waals surface area contributed by atoms with Crippen molar-refractivity contribution in [1.29, 1.82) is 0 Å². The predicted octanol–water partition coefficient (Wildman–Crippen LogP) is 0.545. The molecule has 154 valence electrons. The maximum Gasteiger partial charge on any atom is 0.280 e. The standard InChI is InChI=1S/C15H16N5O7PS/c16-15-18-12-8(13(23)19-15)17-11(6-2-1-3-24-6)20(12)14-9(22)10-7(26-14)4-25-28(27-10)29-5-21/h1-3,7,9-10,14,21-22H,4-5H2,(H3,16,18,19,23)/t7?,9?,10-,14?,28?/m1/s1. The summed E-state index contributed by atoms with van der Waals surface area (Å²) < 4.78 is 24.3. The van der Waals surface area contributed by atoms with Crippen LogP contribution in [-0.4, -0.2) is 60.6 Å². The quantitative estimate of drug-likeness (QED) is 0.329. The minimum Gasteiger partial charge on any atom is -0.461 e. The van der Waals surface area contributed by atoms with Gasteiger partial charge in [0.05, 0.1) is 18.8 Å². The second kappa shape index (κ2) is 7.36. The molecule has 5 N–H and O–H groups in total. The highest BCUT2D eigenvalue weighted by Crippen LogP contribution is 2.57. The number of fused-ring (bicyclic) bond motifs is 2. The van der Waals surface area contributed by atoms with E-state index in [9.17, 15) is 9.90 Å². The Hall–Kier alpha value is -1.99. The highest BCUT2D eigenvalue weighted by Gasteiger charge is 2.51. The molecule has 0 bridgehead atoms. The summed E-state index contributed by atoms with van der Waals surface area (Å²) in [5, 5.41) is 20.1. The maximum atomic E-state index is 12.3. The summed E-state index contributed by atoms with van der Waals surface area (Å²) in [5.41, 5.74) is 5.38. The minimum absolute atomic E-state index is 0.0338. The zero-order chi connectivity index (χ0) is 20.1. The second-order valence-electron chi connectivity index (χ2n) is 6.31. The Labute approximate surface area is 167 Å². The molecule has 2 saturated heterocycles. The molecule has 4 unspecified atom stereocenters. The Bertz CT molecular complexity index is 1090. The number of aromatic nitrogens is 4. The minimum atomic E-state index is -1.40. The fourth-order valence-electron chi connectivity index (χ4n) is 3.40. The Balaban J connectivity index is 1.61. The summed E-state index contributed by atoms with van der Waals surface area (Å²) in [7, 11) is -1.40. The lowest BCUT2D eigenvalue weighted by atomic mass is 10.1. The summed E-state index contributed by atoms with van der Waals surface area (Å²) in [4.78, 5) is 23.3. The largest absolute Gasteiger partial charge is 0.461 e. The normalized spacial score (nSPS) is 29.4. The molecule has 2 fully saturated rings. The first-order valence-corrected chi connectivity index (χ1v) is 11.3. The SMILES string of the molecule is Nc1nc2c(nc(-c3ccco3)n2C2OC3COP(SCO)O[C@H]3C2O)c(=O)[nH]1. The van der Waals surface area contributed by atoms with Crippen molar-refractivity contribution in [3.63, 3.8) is 0 Å². The summed E-state index contributed by atoms with van der Waals surface area (Å²) in [5.74, 6) is 0.359. The van der Waals surface area contributed by atoms with Gasteiger partial charge in [-0.25, -0.2) is 4.98 Å². The number of hydrogen-bond donors (Lipinski definition) is 4. The van der Waals surface area contributed by atoms with E-state index >= 15 is 0 Å². The van der Waals surface area contributed by atoms with Crippen molar-refractivity contribution in [2.75, 3.05) is 18.3 Å². The molecule has 12 nitrogen and oxygen atoms in total. The molecule has 0 spiro atoms. The molecular formula is C15H16N5O7PS. The van der Waals surface area contributed by atoms with Gasteiger partial charge in [0.15, 0.2) is 29.0 Å². The van der Waals surface area contributed by atoms with Crippen LogP contribution in [0.5, 0.6) is 0 Å². The van der Waals surface area contributed by atoms with E-state index in [1.54, 1.807) is 12.1 Å². The van der Waals surface area contributed by atoms with Crippen molar-refractivity contribution < 1.29 is 28.4 Å². The van der Waals surface area contributed by atoms with Gasteiger partial charge in [0.1, 0.15) is 18.3 Å². The van der Waals surface area contributed by atoms with Crippen molar-refractivity contribution in [3.8, 4) is 11.6 Å². The van der Waals surface area contributed by atoms with Gasteiger partial charge in [-0.05, 0) is 23.5 Å². The number of hydrogen-bond acceptors (Lipinski definition) is 11. The van der Waals surface area contributed by atoms with Crippen molar-refractivity contribution in [2.45, 2.75) is 24.5 Å². The van der Waals surface area contributed by atoms with Crippen molar-refractivity contribution in [1.82, 2.24) is 19.5 Å². The molecule has 0 amide bonds. The molecular weight excluding hydrogens is 425 g/mol. The lowest BCUT2D eigenvalue weighted by molar-refractivity contribution is -0.0520. The number of furan rings is 1. The third kappa shape index (κ3) is 3.15. The number of imidazole rings is 1. The first kappa shape index (κ1) is 19.0. The zero-order valence-electron chi connectivity index (χ0n) is 14.7. The fraction of sp³-hybridized carbons (Fsp3) is 0.400. The summed E-state index contributed by atoms with van der Waals surface area (Å²) in [6, 6.07) is 3.34. The van der Waals surface area contributed by atoms with Gasteiger partial charge in [-0.1, -0.05) is 0 Å². The number of nitrogens with one attached hydrogen (secondary N) is 1. The smallest absolute Gasteiger partial charge is 0.280 e. The van der Waals surface area contributed by atoms with Gasteiger partial charge in [0.2, 0.25) is 13.5 Å². The Morgan fingerprint density at radius 3 is 3.07 bits per heavy atom. The van der Waals surface area contributed by atoms with Gasteiger partial charge in [0.25, 0.3) is 5.56 Å². The van der Waals surface area contributed by atoms with Crippen LogP contribution in [-0.2, 0) is 13.8 Å². The van der Waals surface area contributed by atoms with E-state index in [4.69, 9.17) is 29.0 Å². The molecule has 5 atom stereocenters. The number of anilines is 1. The molecule has 2 aliphatic rings.